The summed E-state index contributed by atoms with van der Waals surface area (Å²) in [5.74, 6) is 0. The van der Waals surface area contributed by atoms with Crippen LogP contribution in [-0.2, 0) is 11.3 Å². The maximum absolute atomic E-state index is 12.2. The van der Waals surface area contributed by atoms with Crippen LogP contribution in [0.25, 0.3) is 10.9 Å². The monoisotopic (exact) mass is 428 g/mol. The van der Waals surface area contributed by atoms with Gasteiger partial charge in [-0.2, -0.15) is 0 Å². The summed E-state index contributed by atoms with van der Waals surface area (Å²) in [7, 11) is 0. The minimum Gasteiger partial charge on any atom is -0.365 e. The lowest BCUT2D eigenvalue weighted by Crippen LogP contribution is -2.22. The zero-order valence-corrected chi connectivity index (χ0v) is 17.4. The standard InChI is InChI=1S/C22H19Cl2N3O2/c1-14-3-2-4-17-15(9-21(28)26-22(14)17)12-29-20(11-27-8-7-25-13-27)18-6-5-16(23)10-19(18)24/h2-7,9-10,13,20H,8,11-12H2,1H3/p+1. The van der Waals surface area contributed by atoms with Crippen LogP contribution < -0.4 is 5.56 Å². The van der Waals surface area contributed by atoms with Gasteiger partial charge in [0.1, 0.15) is 19.2 Å². The number of aromatic amines is 1. The van der Waals surface area contributed by atoms with Crippen LogP contribution in [0.3, 0.4) is 0 Å². The number of aromatic nitrogens is 1. The second-order valence-electron chi connectivity index (χ2n) is 7.02. The highest BCUT2D eigenvalue weighted by molar-refractivity contribution is 6.35. The van der Waals surface area contributed by atoms with E-state index in [9.17, 15) is 4.79 Å². The van der Waals surface area contributed by atoms with Crippen LogP contribution in [0.5, 0.6) is 0 Å². The highest BCUT2D eigenvalue weighted by Gasteiger charge is 2.21. The number of hydrogen-bond acceptors (Lipinski definition) is 3. The lowest BCUT2D eigenvalue weighted by molar-refractivity contribution is -0.517. The summed E-state index contributed by atoms with van der Waals surface area (Å²) in [4.78, 5) is 19.2. The topological polar surface area (TPSA) is 57.5 Å². The number of H-pyrrole nitrogens is 1. The number of rotatable bonds is 6. The summed E-state index contributed by atoms with van der Waals surface area (Å²) in [6.45, 7) is 3.56. The van der Waals surface area contributed by atoms with Crippen LogP contribution in [-0.4, -0.2) is 35.2 Å². The Labute approximate surface area is 178 Å². The van der Waals surface area contributed by atoms with Crippen LogP contribution in [0, 0.1) is 6.92 Å². The Morgan fingerprint density at radius 2 is 2.10 bits per heavy atom. The summed E-state index contributed by atoms with van der Waals surface area (Å²) < 4.78 is 8.35. The van der Waals surface area contributed by atoms with E-state index in [1.54, 1.807) is 24.5 Å². The fourth-order valence-corrected chi connectivity index (χ4v) is 4.02. The molecule has 0 bridgehead atoms. The number of aryl methyl sites for hydroxylation is 1. The summed E-state index contributed by atoms with van der Waals surface area (Å²) in [6, 6.07) is 12.9. The van der Waals surface area contributed by atoms with E-state index in [2.05, 4.69) is 14.6 Å². The molecule has 0 radical (unpaired) electrons. The number of nitrogens with one attached hydrogen (secondary N) is 1. The van der Waals surface area contributed by atoms with Crippen molar-refractivity contribution in [2.45, 2.75) is 19.6 Å². The van der Waals surface area contributed by atoms with Crippen LogP contribution >= 0.6 is 23.2 Å². The number of fused-ring (bicyclic) bond motifs is 1. The minimum absolute atomic E-state index is 0.146. The van der Waals surface area contributed by atoms with E-state index >= 15 is 0 Å². The molecule has 0 amide bonds. The molecule has 0 aliphatic carbocycles. The van der Waals surface area contributed by atoms with Gasteiger partial charge >= 0.3 is 0 Å². The molecule has 2 heterocycles. The fourth-order valence-electron chi connectivity index (χ4n) is 3.49. The first kappa shape index (κ1) is 19.8. The molecule has 1 aliphatic rings. The molecule has 0 spiro atoms. The molecular weight excluding hydrogens is 409 g/mol. The smallest absolute Gasteiger partial charge is 0.281 e. The maximum Gasteiger partial charge on any atom is 0.281 e. The molecule has 1 aliphatic heterocycles. The Balaban J connectivity index is 1.66. The van der Waals surface area contributed by atoms with E-state index in [0.717, 1.165) is 34.1 Å². The van der Waals surface area contributed by atoms with Gasteiger partial charge in [-0.1, -0.05) is 52.5 Å². The van der Waals surface area contributed by atoms with E-state index in [-0.39, 0.29) is 18.3 Å². The molecular formula is C22H20Cl2N3O2+. The molecule has 1 atom stereocenters. The predicted octanol–water partition coefficient (Wildman–Crippen LogP) is 4.53. The van der Waals surface area contributed by atoms with Gasteiger partial charge in [-0.25, -0.2) is 0 Å². The zero-order valence-electron chi connectivity index (χ0n) is 15.9. The Bertz CT molecular complexity index is 1180. The molecule has 1 N–H and O–H groups in total. The van der Waals surface area contributed by atoms with Crippen molar-refractivity contribution >= 4 is 46.7 Å². The van der Waals surface area contributed by atoms with E-state index in [1.807, 2.05) is 37.4 Å². The summed E-state index contributed by atoms with van der Waals surface area (Å²) in [5.41, 5.74) is 3.39. The molecule has 5 nitrogen and oxygen atoms in total. The van der Waals surface area contributed by atoms with Gasteiger partial charge < -0.3 is 9.72 Å². The molecule has 0 saturated carbocycles. The summed E-state index contributed by atoms with van der Waals surface area (Å²) in [6.07, 6.45) is 3.32. The number of ether oxygens (including phenoxy) is 1. The van der Waals surface area contributed by atoms with Gasteiger partial charge in [-0.05, 0) is 30.2 Å². The van der Waals surface area contributed by atoms with Crippen molar-refractivity contribution in [3.8, 4) is 0 Å². The minimum atomic E-state index is -0.308. The SMILES string of the molecule is Cc1cccc2c(COC(C[N+]3=CN=CC3)c3ccc(Cl)cc3Cl)cc(=O)[nH]c12. The molecule has 7 heteroatoms. The molecule has 0 saturated heterocycles. The van der Waals surface area contributed by atoms with Crippen molar-refractivity contribution in [2.75, 3.05) is 13.1 Å². The first-order chi connectivity index (χ1) is 14.0. The van der Waals surface area contributed by atoms with Crippen LogP contribution in [0.2, 0.25) is 10.0 Å². The summed E-state index contributed by atoms with van der Waals surface area (Å²) in [5, 5.41) is 2.10. The van der Waals surface area contributed by atoms with Crippen molar-refractivity contribution < 1.29 is 9.31 Å². The maximum atomic E-state index is 12.2. The first-order valence-electron chi connectivity index (χ1n) is 9.28. The number of halogens is 2. The quantitative estimate of drug-likeness (QED) is 0.586. The second kappa shape index (κ2) is 8.49. The van der Waals surface area contributed by atoms with Gasteiger partial charge in [0.05, 0.1) is 12.1 Å². The van der Waals surface area contributed by atoms with Gasteiger partial charge in [0.15, 0.2) is 6.21 Å². The second-order valence-corrected chi connectivity index (χ2v) is 7.87. The Kier molecular flexibility index (Phi) is 5.81. The fraction of sp³-hybridized carbons (Fsp3) is 0.227. The third kappa shape index (κ3) is 4.42. The Morgan fingerprint density at radius 1 is 1.24 bits per heavy atom. The number of aliphatic imine (C=N–C) groups is 1. The van der Waals surface area contributed by atoms with E-state index < -0.39 is 0 Å². The number of hydrogen-bond donors (Lipinski definition) is 1. The normalized spacial score (nSPS) is 14.4. The zero-order chi connectivity index (χ0) is 20.4. The van der Waals surface area contributed by atoms with Crippen LogP contribution in [0.1, 0.15) is 22.8 Å². The third-order valence-corrected chi connectivity index (χ3v) is 5.54. The number of nitrogens with zero attached hydrogens (tertiary/aromatic N) is 2. The van der Waals surface area contributed by atoms with Crippen molar-refractivity contribution in [1.82, 2.24) is 4.98 Å². The first-order valence-corrected chi connectivity index (χ1v) is 10.0. The van der Waals surface area contributed by atoms with E-state index in [1.165, 1.54) is 0 Å². The average Bonchev–Trinajstić information content (AvgIpc) is 3.19. The molecule has 2 aromatic carbocycles. The van der Waals surface area contributed by atoms with Crippen molar-refractivity contribution in [1.29, 1.82) is 0 Å². The molecule has 29 heavy (non-hydrogen) atoms. The van der Waals surface area contributed by atoms with Crippen LogP contribution in [0.15, 0.2) is 52.3 Å². The molecule has 148 valence electrons. The van der Waals surface area contributed by atoms with Gasteiger partial charge in [0, 0.05) is 27.1 Å². The highest BCUT2D eigenvalue weighted by atomic mass is 35.5. The summed E-state index contributed by atoms with van der Waals surface area (Å²) >= 11 is 12.5. The Hall–Kier alpha value is -2.47. The van der Waals surface area contributed by atoms with Crippen molar-refractivity contribution in [3.63, 3.8) is 0 Å². The third-order valence-electron chi connectivity index (χ3n) is 4.97. The van der Waals surface area contributed by atoms with Crippen molar-refractivity contribution in [3.05, 3.63) is 79.6 Å². The van der Waals surface area contributed by atoms with Crippen molar-refractivity contribution in [2.24, 2.45) is 4.99 Å². The highest BCUT2D eigenvalue weighted by Crippen LogP contribution is 2.30. The molecule has 1 aromatic heterocycles. The van der Waals surface area contributed by atoms with Gasteiger partial charge in [-0.3, -0.25) is 9.37 Å². The lowest BCUT2D eigenvalue weighted by Gasteiger charge is -2.20. The number of para-hydroxylation sites is 1. The Morgan fingerprint density at radius 3 is 2.86 bits per heavy atom. The largest absolute Gasteiger partial charge is 0.365 e. The van der Waals surface area contributed by atoms with Gasteiger partial charge in [0.25, 0.3) is 6.34 Å². The van der Waals surface area contributed by atoms with E-state index in [0.29, 0.717) is 16.6 Å². The van der Waals surface area contributed by atoms with Gasteiger partial charge in [-0.15, -0.1) is 0 Å². The average molecular weight is 429 g/mol. The van der Waals surface area contributed by atoms with Gasteiger partial charge in [0.2, 0.25) is 5.56 Å². The number of benzene rings is 2. The molecule has 4 rings (SSSR count). The number of pyridine rings is 1. The van der Waals surface area contributed by atoms with Crippen LogP contribution in [0.4, 0.5) is 0 Å². The molecule has 0 fully saturated rings. The molecule has 1 unspecified atom stereocenters. The lowest BCUT2D eigenvalue weighted by atomic mass is 10.1. The predicted molar refractivity (Wildman–Crippen MR) is 118 cm³/mol. The molecule has 3 aromatic rings. The van der Waals surface area contributed by atoms with E-state index in [4.69, 9.17) is 27.9 Å².